The molecule has 0 aromatic heterocycles. The van der Waals surface area contributed by atoms with Crippen LogP contribution in [0.25, 0.3) is 0 Å². The van der Waals surface area contributed by atoms with Crippen molar-refractivity contribution < 1.29 is 20.4 Å². The Morgan fingerprint density at radius 2 is 0.593 bits per heavy atom. The van der Waals surface area contributed by atoms with Gasteiger partial charge in [0.25, 0.3) is 0 Å². The van der Waals surface area contributed by atoms with Gasteiger partial charge in [0.05, 0.1) is 0 Å². The van der Waals surface area contributed by atoms with Gasteiger partial charge in [-0.2, -0.15) is 9.90 Å². The average Bonchev–Trinajstić information content (AvgIpc) is 2.63. The molecule has 3 heteroatoms. The maximum atomic E-state index is 2.32. The second kappa shape index (κ2) is 29.7. The van der Waals surface area contributed by atoms with Crippen molar-refractivity contribution in [1.82, 2.24) is 0 Å². The van der Waals surface area contributed by atoms with E-state index < -0.39 is 0 Å². The second-order valence-electron chi connectivity index (χ2n) is 8.14. The van der Waals surface area contributed by atoms with Crippen molar-refractivity contribution in [2.75, 3.05) is 18.5 Å². The molecule has 1 unspecified atom stereocenters. The quantitative estimate of drug-likeness (QED) is 0.0818. The third-order valence-corrected chi connectivity index (χ3v) is 8.33. The van der Waals surface area contributed by atoms with Crippen molar-refractivity contribution in [1.29, 1.82) is 0 Å². The standard InChI is InChI=1S/C24H51P.H3P.Pd/c1-4-7-10-13-16-19-22-25(23-20-17-14-11-8-5-2)24-21-18-15-12-9-6-3;;/h4-24H2,1-3H3;1H3;. The van der Waals surface area contributed by atoms with Crippen molar-refractivity contribution in [3.63, 3.8) is 0 Å². The Morgan fingerprint density at radius 1 is 0.370 bits per heavy atom. The summed E-state index contributed by atoms with van der Waals surface area (Å²) in [5.74, 6) is 0. The molecule has 0 saturated heterocycles. The monoisotopic (exact) mass is 510 g/mol. The molecule has 0 spiro atoms. The van der Waals surface area contributed by atoms with Crippen LogP contribution in [-0.2, 0) is 20.4 Å². The maximum Gasteiger partial charge on any atom is 0 e. The van der Waals surface area contributed by atoms with Gasteiger partial charge in [-0.1, -0.05) is 117 Å². The van der Waals surface area contributed by atoms with Gasteiger partial charge in [0.2, 0.25) is 0 Å². The van der Waals surface area contributed by atoms with Crippen LogP contribution in [0, 0.1) is 0 Å². The van der Waals surface area contributed by atoms with Gasteiger partial charge in [0.1, 0.15) is 0 Å². The van der Waals surface area contributed by atoms with Crippen LogP contribution in [0.2, 0.25) is 0 Å². The van der Waals surface area contributed by atoms with Crippen LogP contribution in [-0.4, -0.2) is 18.5 Å². The first-order chi connectivity index (χ1) is 12.3. The normalized spacial score (nSPS) is 10.7. The van der Waals surface area contributed by atoms with Gasteiger partial charge in [-0.15, -0.1) is 7.92 Å². The first kappa shape index (κ1) is 33.2. The van der Waals surface area contributed by atoms with E-state index in [9.17, 15) is 0 Å². The molecule has 1 atom stereocenters. The molecule has 0 bridgehead atoms. The first-order valence-corrected chi connectivity index (χ1v) is 14.0. The molecule has 0 N–H and O–H groups in total. The summed E-state index contributed by atoms with van der Waals surface area (Å²) in [5, 5.41) is 0. The molecule has 0 heterocycles. The molecule has 0 aliphatic carbocycles. The van der Waals surface area contributed by atoms with Crippen molar-refractivity contribution in [3.8, 4) is 0 Å². The molecular formula is C24H54P2Pd. The molecule has 0 aliphatic rings. The largest absolute Gasteiger partial charge is 0.153 e. The molecule has 0 rings (SSSR count). The molecule has 0 aromatic rings. The van der Waals surface area contributed by atoms with E-state index in [0.29, 0.717) is 7.92 Å². The van der Waals surface area contributed by atoms with Gasteiger partial charge < -0.3 is 0 Å². The molecular weight excluding hydrogens is 457 g/mol. The zero-order valence-electron chi connectivity index (χ0n) is 19.3. The van der Waals surface area contributed by atoms with Gasteiger partial charge in [-0.25, -0.2) is 0 Å². The van der Waals surface area contributed by atoms with Crippen LogP contribution in [0.3, 0.4) is 0 Å². The summed E-state index contributed by atoms with van der Waals surface area (Å²) < 4.78 is 0. The minimum Gasteiger partial charge on any atom is -0.153 e. The van der Waals surface area contributed by atoms with E-state index in [1.807, 2.05) is 0 Å². The third kappa shape index (κ3) is 27.5. The Labute approximate surface area is 192 Å². The molecule has 0 aliphatic heterocycles. The summed E-state index contributed by atoms with van der Waals surface area (Å²) in [5.41, 5.74) is 0. The molecule has 27 heavy (non-hydrogen) atoms. The van der Waals surface area contributed by atoms with Crippen molar-refractivity contribution >= 4 is 17.8 Å². The van der Waals surface area contributed by atoms with Crippen molar-refractivity contribution in [2.45, 2.75) is 136 Å². The molecule has 0 aromatic carbocycles. The Hall–Kier alpha value is 1.52. The first-order valence-electron chi connectivity index (χ1n) is 12.1. The van der Waals surface area contributed by atoms with Gasteiger partial charge in [-0.3, -0.25) is 0 Å². The third-order valence-electron chi connectivity index (χ3n) is 5.48. The Bertz CT molecular complexity index is 198. The molecule has 0 radical (unpaired) electrons. The Balaban J connectivity index is -0.00000288. The zero-order chi connectivity index (χ0) is 18.4. The van der Waals surface area contributed by atoms with Crippen LogP contribution in [0.15, 0.2) is 0 Å². The minimum atomic E-state index is 0. The molecule has 0 nitrogen and oxygen atoms in total. The number of rotatable bonds is 21. The van der Waals surface area contributed by atoms with Gasteiger partial charge in [0, 0.05) is 20.4 Å². The fourth-order valence-electron chi connectivity index (χ4n) is 3.68. The summed E-state index contributed by atoms with van der Waals surface area (Å²) in [6, 6.07) is 0. The number of hydrogen-bond donors (Lipinski definition) is 0. The zero-order valence-corrected chi connectivity index (χ0v) is 23.2. The second-order valence-corrected chi connectivity index (χ2v) is 10.8. The van der Waals surface area contributed by atoms with Crippen molar-refractivity contribution in [3.05, 3.63) is 0 Å². The van der Waals surface area contributed by atoms with Crippen LogP contribution in [0.5, 0.6) is 0 Å². The van der Waals surface area contributed by atoms with E-state index >= 15 is 0 Å². The van der Waals surface area contributed by atoms with Gasteiger partial charge >= 0.3 is 0 Å². The van der Waals surface area contributed by atoms with Crippen LogP contribution >= 0.6 is 17.8 Å². The summed E-state index contributed by atoms with van der Waals surface area (Å²) in [4.78, 5) is 0. The molecule has 170 valence electrons. The van der Waals surface area contributed by atoms with Crippen LogP contribution < -0.4 is 0 Å². The Morgan fingerprint density at radius 3 is 0.852 bits per heavy atom. The van der Waals surface area contributed by atoms with E-state index in [2.05, 4.69) is 20.8 Å². The van der Waals surface area contributed by atoms with E-state index in [1.54, 1.807) is 18.5 Å². The SMILES string of the molecule is CCCCCCCCP(CCCCCCCC)CCCCCCCC.P.[Pd]. The molecule has 0 saturated carbocycles. The predicted octanol–water partition coefficient (Wildman–Crippen LogP) is 9.61. The Kier molecular flexibility index (Phi) is 36.5. The van der Waals surface area contributed by atoms with Gasteiger partial charge in [0.15, 0.2) is 0 Å². The van der Waals surface area contributed by atoms with E-state index in [-0.39, 0.29) is 30.3 Å². The predicted molar refractivity (Wildman–Crippen MR) is 133 cm³/mol. The van der Waals surface area contributed by atoms with Crippen LogP contribution in [0.1, 0.15) is 136 Å². The number of hydrogen-bond acceptors (Lipinski definition) is 0. The summed E-state index contributed by atoms with van der Waals surface area (Å²) >= 11 is 0. The maximum absolute atomic E-state index is 2.32. The summed E-state index contributed by atoms with van der Waals surface area (Å²) in [6.45, 7) is 6.96. The van der Waals surface area contributed by atoms with E-state index in [4.69, 9.17) is 0 Å². The topological polar surface area (TPSA) is 0 Å². The van der Waals surface area contributed by atoms with Gasteiger partial charge in [-0.05, 0) is 37.7 Å². The minimum absolute atomic E-state index is 0. The van der Waals surface area contributed by atoms with Crippen molar-refractivity contribution in [2.24, 2.45) is 0 Å². The van der Waals surface area contributed by atoms with Crippen LogP contribution in [0.4, 0.5) is 0 Å². The summed E-state index contributed by atoms with van der Waals surface area (Å²) in [6.07, 6.45) is 31.2. The summed E-state index contributed by atoms with van der Waals surface area (Å²) in [7, 11) is 0.366. The average molecular weight is 511 g/mol. The fraction of sp³-hybridized carbons (Fsp3) is 1.00. The van der Waals surface area contributed by atoms with E-state index in [1.165, 1.54) is 116 Å². The fourth-order valence-corrected chi connectivity index (χ4v) is 6.37. The smallest absolute Gasteiger partial charge is 0 e. The number of unbranched alkanes of at least 4 members (excludes halogenated alkanes) is 15. The molecule has 0 amide bonds. The van der Waals surface area contributed by atoms with E-state index in [0.717, 1.165) is 0 Å². The molecule has 0 fully saturated rings.